The number of phenolic OH excluding ortho intramolecular Hbond substituents is 2. The monoisotopic (exact) mass is 899 g/mol. The maximum Gasteiger partial charge on any atom is 0.309 e. The van der Waals surface area contributed by atoms with Crippen LogP contribution in [0.5, 0.6) is 17.2 Å². The van der Waals surface area contributed by atoms with E-state index in [1.165, 1.54) is 11.8 Å². The van der Waals surface area contributed by atoms with Crippen LogP contribution in [0.25, 0.3) is 0 Å². The third kappa shape index (κ3) is 26.3. The summed E-state index contributed by atoms with van der Waals surface area (Å²) in [5, 5.41) is 19.1. The summed E-state index contributed by atoms with van der Waals surface area (Å²) in [6, 6.07) is 22.7. The van der Waals surface area contributed by atoms with E-state index in [4.69, 9.17) is 23.7 Å². The Bertz CT molecular complexity index is 1670. The summed E-state index contributed by atoms with van der Waals surface area (Å²) in [5.74, 6) is 1.43. The van der Waals surface area contributed by atoms with E-state index in [0.717, 1.165) is 42.6 Å². The lowest BCUT2D eigenvalue weighted by Gasteiger charge is -2.28. The van der Waals surface area contributed by atoms with Gasteiger partial charge in [-0.1, -0.05) is 78.1 Å². The first-order chi connectivity index (χ1) is 28.4. The molecule has 0 bridgehead atoms. The van der Waals surface area contributed by atoms with Crippen LogP contribution < -0.4 is 4.74 Å². The number of hydrogen-bond donors (Lipinski definition) is 2. The van der Waals surface area contributed by atoms with E-state index in [1.807, 2.05) is 126 Å². The van der Waals surface area contributed by atoms with Gasteiger partial charge in [-0.2, -0.15) is 9.90 Å². The highest BCUT2D eigenvalue weighted by atomic mass is 31.0. The highest BCUT2D eigenvalue weighted by Gasteiger charge is 2.29. The average Bonchev–Trinajstić information content (AvgIpc) is 3.15. The van der Waals surface area contributed by atoms with Crippen molar-refractivity contribution < 1.29 is 43.5 Å². The lowest BCUT2D eigenvalue weighted by molar-refractivity contribution is -0.161. The number of ether oxygens (including phenoxy) is 5. The molecule has 0 fully saturated rings. The third-order valence-electron chi connectivity index (χ3n) is 9.72. The molecule has 0 saturated heterocycles. The first-order valence-electron chi connectivity index (χ1n) is 22.1. The number of carbonyl (C=O) groups excluding carboxylic acids is 2. The molecule has 0 saturated carbocycles. The maximum atomic E-state index is 12.9. The quantitative estimate of drug-likeness (QED) is 0.0524. The van der Waals surface area contributed by atoms with Gasteiger partial charge in [0.15, 0.2) is 6.29 Å². The Kier molecular flexibility index (Phi) is 29.2. The highest BCUT2D eigenvalue weighted by Crippen LogP contribution is 2.37. The molecule has 3 aromatic carbocycles. The highest BCUT2D eigenvalue weighted by molar-refractivity contribution is 6.92. The number of benzene rings is 3. The van der Waals surface area contributed by atoms with Gasteiger partial charge in [-0.25, -0.2) is 0 Å². The fourth-order valence-corrected chi connectivity index (χ4v) is 6.69. The normalized spacial score (nSPS) is 14.0. The summed E-state index contributed by atoms with van der Waals surface area (Å²) in [6.45, 7) is 32.9. The van der Waals surface area contributed by atoms with E-state index in [-0.39, 0.29) is 88.9 Å². The second kappa shape index (κ2) is 30.1. The van der Waals surface area contributed by atoms with Crippen molar-refractivity contribution in [2.24, 2.45) is 11.8 Å². The largest absolute Gasteiger partial charge is 0.508 e. The molecular formula is C53H87O9P. The predicted octanol–water partition coefficient (Wildman–Crippen LogP) is 14.1. The first-order valence-corrected chi connectivity index (χ1v) is 22.1. The number of rotatable bonds is 19. The summed E-state index contributed by atoms with van der Waals surface area (Å²) >= 11 is 0. The second-order valence-corrected chi connectivity index (χ2v) is 18.5. The predicted molar refractivity (Wildman–Crippen MR) is 266 cm³/mol. The number of hydrogen-bond acceptors (Lipinski definition) is 9. The van der Waals surface area contributed by atoms with E-state index in [2.05, 4.69) is 32.6 Å². The van der Waals surface area contributed by atoms with E-state index in [0.29, 0.717) is 6.42 Å². The van der Waals surface area contributed by atoms with Gasteiger partial charge in [0, 0.05) is 0 Å². The van der Waals surface area contributed by atoms with Crippen LogP contribution in [0.4, 0.5) is 0 Å². The maximum absolute atomic E-state index is 12.9. The fraction of sp³-hybridized carbons (Fsp3) is 0.585. The zero-order chi connectivity index (χ0) is 46.5. The zero-order valence-electron chi connectivity index (χ0n) is 40.8. The van der Waals surface area contributed by atoms with Crippen molar-refractivity contribution in [2.75, 3.05) is 0 Å². The molecule has 0 aliphatic rings. The number of aromatic hydroxyl groups is 2. The summed E-state index contributed by atoms with van der Waals surface area (Å²) in [7, 11) is 0. The lowest BCUT2D eigenvalue weighted by atomic mass is 9.80. The SMILES string of the molecule is C.C=COC(C)C.CCC(CC(C)c1ccc(O)cc1)C(=O)OC(C)(C)C.CCC(CC(CC(C)c1ccc(OC(C)OC(C)C)cc1)c1ccc(O)cc1)C(=O)OC(C)(C)C.P. The van der Waals surface area contributed by atoms with Gasteiger partial charge in [0.25, 0.3) is 0 Å². The van der Waals surface area contributed by atoms with Gasteiger partial charge in [-0.3, -0.25) is 9.59 Å². The van der Waals surface area contributed by atoms with Crippen LogP contribution in [0.1, 0.15) is 178 Å². The molecule has 0 heterocycles. The molecular weight excluding hydrogens is 812 g/mol. The van der Waals surface area contributed by atoms with Gasteiger partial charge in [0.1, 0.15) is 28.5 Å². The minimum Gasteiger partial charge on any atom is -0.508 e. The Balaban J connectivity index is 0. The molecule has 0 aliphatic heterocycles. The third-order valence-corrected chi connectivity index (χ3v) is 9.72. The van der Waals surface area contributed by atoms with Crippen LogP contribution >= 0.6 is 9.90 Å². The first kappa shape index (κ1) is 61.0. The molecule has 10 heteroatoms. The number of carbonyl (C=O) groups is 2. The van der Waals surface area contributed by atoms with E-state index >= 15 is 0 Å². The summed E-state index contributed by atoms with van der Waals surface area (Å²) in [5.41, 5.74) is 2.52. The summed E-state index contributed by atoms with van der Waals surface area (Å²) in [4.78, 5) is 25.0. The average molecular weight is 899 g/mol. The summed E-state index contributed by atoms with van der Waals surface area (Å²) in [6.07, 6.45) is 5.36. The van der Waals surface area contributed by atoms with E-state index in [1.54, 1.807) is 24.3 Å². The van der Waals surface area contributed by atoms with Gasteiger partial charge in [0.05, 0.1) is 30.3 Å². The molecule has 0 amide bonds. The van der Waals surface area contributed by atoms with Crippen LogP contribution in [-0.4, -0.2) is 51.9 Å². The van der Waals surface area contributed by atoms with Crippen molar-refractivity contribution in [1.29, 1.82) is 0 Å². The van der Waals surface area contributed by atoms with Crippen LogP contribution in [0, 0.1) is 11.8 Å². The van der Waals surface area contributed by atoms with Gasteiger partial charge >= 0.3 is 11.9 Å². The Morgan fingerprint density at radius 2 is 0.984 bits per heavy atom. The minimum atomic E-state index is -0.507. The van der Waals surface area contributed by atoms with Crippen molar-refractivity contribution in [3.8, 4) is 17.2 Å². The van der Waals surface area contributed by atoms with Gasteiger partial charge < -0.3 is 33.9 Å². The van der Waals surface area contributed by atoms with Crippen molar-refractivity contribution >= 4 is 21.8 Å². The molecule has 7 atom stereocenters. The van der Waals surface area contributed by atoms with Crippen LogP contribution in [0.15, 0.2) is 85.6 Å². The van der Waals surface area contributed by atoms with Gasteiger partial charge in [-0.05, 0) is 179 Å². The molecule has 9 nitrogen and oxygen atoms in total. The van der Waals surface area contributed by atoms with E-state index < -0.39 is 11.2 Å². The zero-order valence-corrected chi connectivity index (χ0v) is 42.2. The van der Waals surface area contributed by atoms with Crippen LogP contribution in [-0.2, 0) is 28.5 Å². The fourth-order valence-electron chi connectivity index (χ4n) is 6.69. The molecule has 358 valence electrons. The number of phenols is 2. The minimum absolute atomic E-state index is 0. The Hall–Kier alpha value is -4.07. The molecule has 0 radical (unpaired) electrons. The lowest BCUT2D eigenvalue weighted by Crippen LogP contribution is -2.29. The van der Waals surface area contributed by atoms with Crippen molar-refractivity contribution in [2.45, 2.75) is 191 Å². The van der Waals surface area contributed by atoms with Gasteiger partial charge in [-0.15, -0.1) is 0 Å². The molecule has 3 rings (SSSR count). The molecule has 7 unspecified atom stereocenters. The molecule has 63 heavy (non-hydrogen) atoms. The smallest absolute Gasteiger partial charge is 0.309 e. The molecule has 0 spiro atoms. The Morgan fingerprint density at radius 3 is 1.33 bits per heavy atom. The summed E-state index contributed by atoms with van der Waals surface area (Å²) < 4.78 is 27.5. The molecule has 3 aromatic rings. The Labute approximate surface area is 386 Å². The molecule has 0 aliphatic carbocycles. The standard InChI is InChI=1S/C30H44O5.C17H26O3.C5H10O.CH4.H3P/c1-9-23(29(32)35-30(6,7)8)19-26(25-10-14-27(31)15-11-25)18-21(4)24-12-16-28(17-13-24)34-22(5)33-20(2)3;1-6-13(16(19)20-17(3,4)5)11-12(2)14-7-9-15(18)10-8-14;1-4-6-5(2)3;;/h10-17,20-23,26,31H,9,18-19H2,1-8H3;7-10,12-13,18H,6,11H2,1-5H3;4-5H,1H2,2-3H3;1H4;1H3. The van der Waals surface area contributed by atoms with Crippen molar-refractivity contribution in [1.82, 2.24) is 0 Å². The van der Waals surface area contributed by atoms with Gasteiger partial charge in [0.2, 0.25) is 0 Å². The van der Waals surface area contributed by atoms with Crippen LogP contribution in [0.3, 0.4) is 0 Å². The van der Waals surface area contributed by atoms with E-state index in [9.17, 15) is 19.8 Å². The van der Waals surface area contributed by atoms with Crippen molar-refractivity contribution in [3.05, 3.63) is 102 Å². The molecule has 0 aromatic heterocycles. The van der Waals surface area contributed by atoms with Crippen molar-refractivity contribution in [3.63, 3.8) is 0 Å². The second-order valence-electron chi connectivity index (χ2n) is 18.5. The Morgan fingerprint density at radius 1 is 0.603 bits per heavy atom. The topological polar surface area (TPSA) is 121 Å². The molecule has 2 N–H and O–H groups in total. The number of esters is 2. The van der Waals surface area contributed by atoms with Crippen LogP contribution in [0.2, 0.25) is 0 Å².